The Hall–Kier alpha value is -1.52. The smallest absolute Gasteiger partial charge is 0.187 e. The third kappa shape index (κ3) is 2.18. The quantitative estimate of drug-likeness (QED) is 0.794. The average molecular weight is 222 g/mol. The summed E-state index contributed by atoms with van der Waals surface area (Å²) in [5.41, 5.74) is 1.48. The number of hydrogen-bond acceptors (Lipinski definition) is 4. The van der Waals surface area contributed by atoms with Gasteiger partial charge in [0, 0.05) is 5.57 Å². The molecule has 0 unspecified atom stereocenters. The second-order valence-corrected chi connectivity index (χ2v) is 3.39. The molecule has 0 atom stereocenters. The number of aliphatic hydroxyl groups is 1. The zero-order valence-corrected chi connectivity index (χ0v) is 9.05. The van der Waals surface area contributed by atoms with E-state index in [2.05, 4.69) is 0 Å². The standard InChI is InChI=1S/C12H14O4/c1-14-10-4-2-9(3-5-10)11(8-13)12-15-6-7-16-12/h2-5,8,12-13H,6-7H2,1H3/b11-8-. The van der Waals surface area contributed by atoms with Gasteiger partial charge in [-0.1, -0.05) is 12.1 Å². The monoisotopic (exact) mass is 222 g/mol. The maximum absolute atomic E-state index is 9.21. The van der Waals surface area contributed by atoms with Gasteiger partial charge in [0.2, 0.25) is 0 Å². The van der Waals surface area contributed by atoms with Crippen LogP contribution in [0.15, 0.2) is 30.5 Å². The molecule has 1 aromatic carbocycles. The molecule has 1 fully saturated rings. The first-order valence-corrected chi connectivity index (χ1v) is 5.07. The van der Waals surface area contributed by atoms with Gasteiger partial charge in [-0.3, -0.25) is 0 Å². The van der Waals surface area contributed by atoms with Crippen molar-refractivity contribution in [1.82, 2.24) is 0 Å². The van der Waals surface area contributed by atoms with Crippen LogP contribution in [-0.2, 0) is 9.47 Å². The first-order chi connectivity index (χ1) is 7.85. The second kappa shape index (κ2) is 5.01. The molecule has 2 rings (SSSR count). The number of benzene rings is 1. The molecule has 4 nitrogen and oxygen atoms in total. The molecule has 16 heavy (non-hydrogen) atoms. The highest BCUT2D eigenvalue weighted by atomic mass is 16.7. The van der Waals surface area contributed by atoms with E-state index < -0.39 is 6.29 Å². The lowest BCUT2D eigenvalue weighted by molar-refractivity contribution is 0.00593. The molecule has 0 radical (unpaired) electrons. The van der Waals surface area contributed by atoms with E-state index in [0.29, 0.717) is 18.8 Å². The molecule has 1 heterocycles. The van der Waals surface area contributed by atoms with Crippen LogP contribution in [0, 0.1) is 0 Å². The van der Waals surface area contributed by atoms with Crippen LogP contribution in [0.5, 0.6) is 5.75 Å². The lowest BCUT2D eigenvalue weighted by Crippen LogP contribution is -2.10. The molecule has 86 valence electrons. The van der Waals surface area contributed by atoms with Crippen molar-refractivity contribution in [2.75, 3.05) is 20.3 Å². The fourth-order valence-corrected chi connectivity index (χ4v) is 1.59. The van der Waals surface area contributed by atoms with E-state index in [1.54, 1.807) is 7.11 Å². The van der Waals surface area contributed by atoms with Gasteiger partial charge in [-0.2, -0.15) is 0 Å². The molecule has 1 aromatic rings. The molecule has 1 aliphatic rings. The molecule has 0 aromatic heterocycles. The van der Waals surface area contributed by atoms with Gasteiger partial charge >= 0.3 is 0 Å². The molecule has 0 aliphatic carbocycles. The largest absolute Gasteiger partial charge is 0.515 e. The first kappa shape index (κ1) is 11.0. The van der Waals surface area contributed by atoms with E-state index in [1.165, 1.54) is 0 Å². The zero-order valence-electron chi connectivity index (χ0n) is 9.05. The van der Waals surface area contributed by atoms with Crippen molar-refractivity contribution in [1.29, 1.82) is 0 Å². The van der Waals surface area contributed by atoms with E-state index >= 15 is 0 Å². The Kier molecular flexibility index (Phi) is 3.44. The first-order valence-electron chi connectivity index (χ1n) is 5.07. The molecule has 1 saturated heterocycles. The van der Waals surface area contributed by atoms with Crippen LogP contribution in [0.4, 0.5) is 0 Å². The fourth-order valence-electron chi connectivity index (χ4n) is 1.59. The molecule has 4 heteroatoms. The summed E-state index contributed by atoms with van der Waals surface area (Å²) in [4.78, 5) is 0. The van der Waals surface area contributed by atoms with E-state index in [0.717, 1.165) is 17.6 Å². The van der Waals surface area contributed by atoms with Crippen LogP contribution in [0.3, 0.4) is 0 Å². The Balaban J connectivity index is 2.19. The number of methoxy groups -OCH3 is 1. The number of ether oxygens (including phenoxy) is 3. The Bertz CT molecular complexity index is 363. The lowest BCUT2D eigenvalue weighted by Gasteiger charge is -2.13. The summed E-state index contributed by atoms with van der Waals surface area (Å²) in [7, 11) is 1.61. The molecular weight excluding hydrogens is 208 g/mol. The van der Waals surface area contributed by atoms with Crippen molar-refractivity contribution in [3.63, 3.8) is 0 Å². The summed E-state index contributed by atoms with van der Waals surface area (Å²) in [5.74, 6) is 0.772. The highest BCUT2D eigenvalue weighted by Gasteiger charge is 2.22. The van der Waals surface area contributed by atoms with Crippen LogP contribution in [-0.4, -0.2) is 31.7 Å². The van der Waals surface area contributed by atoms with E-state index in [9.17, 15) is 5.11 Å². The normalized spacial score (nSPS) is 17.7. The number of rotatable bonds is 3. The molecule has 0 bridgehead atoms. The number of hydrogen-bond donors (Lipinski definition) is 1. The van der Waals surface area contributed by atoms with Gasteiger partial charge in [-0.25, -0.2) is 0 Å². The van der Waals surface area contributed by atoms with E-state index in [1.807, 2.05) is 24.3 Å². The maximum atomic E-state index is 9.21. The van der Waals surface area contributed by atoms with Crippen LogP contribution < -0.4 is 4.74 Å². The minimum Gasteiger partial charge on any atom is -0.515 e. The summed E-state index contributed by atoms with van der Waals surface area (Å²) in [5, 5.41) is 9.21. The van der Waals surface area contributed by atoms with Gasteiger partial charge in [0.1, 0.15) is 5.75 Å². The van der Waals surface area contributed by atoms with Crippen molar-refractivity contribution in [2.45, 2.75) is 6.29 Å². The van der Waals surface area contributed by atoms with E-state index in [4.69, 9.17) is 14.2 Å². The molecular formula is C12H14O4. The summed E-state index contributed by atoms with van der Waals surface area (Å²) in [6.07, 6.45) is 0.552. The number of aliphatic hydroxyl groups excluding tert-OH is 1. The average Bonchev–Trinajstić information content (AvgIpc) is 2.85. The Labute approximate surface area is 94.1 Å². The summed E-state index contributed by atoms with van der Waals surface area (Å²) >= 11 is 0. The van der Waals surface area contributed by atoms with Gasteiger partial charge in [-0.15, -0.1) is 0 Å². The van der Waals surface area contributed by atoms with Crippen LogP contribution in [0.1, 0.15) is 5.56 Å². The summed E-state index contributed by atoms with van der Waals surface area (Å²) in [6.45, 7) is 1.11. The third-order valence-electron chi connectivity index (χ3n) is 2.44. The summed E-state index contributed by atoms with van der Waals surface area (Å²) < 4.78 is 15.7. The van der Waals surface area contributed by atoms with E-state index in [-0.39, 0.29) is 0 Å². The zero-order chi connectivity index (χ0) is 11.4. The van der Waals surface area contributed by atoms with Gasteiger partial charge in [0.25, 0.3) is 0 Å². The van der Waals surface area contributed by atoms with Crippen LogP contribution >= 0.6 is 0 Å². The van der Waals surface area contributed by atoms with Crippen LogP contribution in [0.2, 0.25) is 0 Å². The van der Waals surface area contributed by atoms with Gasteiger partial charge in [0.05, 0.1) is 26.6 Å². The Morgan fingerprint density at radius 2 is 1.94 bits per heavy atom. The maximum Gasteiger partial charge on any atom is 0.187 e. The Morgan fingerprint density at radius 1 is 1.31 bits per heavy atom. The van der Waals surface area contributed by atoms with Gasteiger partial charge in [0.15, 0.2) is 6.29 Å². The lowest BCUT2D eigenvalue weighted by atomic mass is 10.1. The predicted octanol–water partition coefficient (Wildman–Crippen LogP) is 1.97. The molecule has 0 amide bonds. The van der Waals surface area contributed by atoms with Crippen molar-refractivity contribution in [2.24, 2.45) is 0 Å². The van der Waals surface area contributed by atoms with Crippen molar-refractivity contribution in [3.8, 4) is 5.75 Å². The molecule has 0 saturated carbocycles. The van der Waals surface area contributed by atoms with Gasteiger partial charge < -0.3 is 19.3 Å². The van der Waals surface area contributed by atoms with Gasteiger partial charge in [-0.05, 0) is 17.7 Å². The highest BCUT2D eigenvalue weighted by molar-refractivity contribution is 5.67. The van der Waals surface area contributed by atoms with Crippen LogP contribution in [0.25, 0.3) is 5.57 Å². The molecule has 0 spiro atoms. The van der Waals surface area contributed by atoms with Crippen molar-refractivity contribution >= 4 is 5.57 Å². The second-order valence-electron chi connectivity index (χ2n) is 3.39. The predicted molar refractivity (Wildman–Crippen MR) is 59.3 cm³/mol. The minimum atomic E-state index is -0.474. The fraction of sp³-hybridized carbons (Fsp3) is 0.333. The topological polar surface area (TPSA) is 47.9 Å². The minimum absolute atomic E-state index is 0.474. The highest BCUT2D eigenvalue weighted by Crippen LogP contribution is 2.25. The molecule has 1 N–H and O–H groups in total. The van der Waals surface area contributed by atoms with Crippen molar-refractivity contribution in [3.05, 3.63) is 36.1 Å². The SMILES string of the molecule is COc1ccc(/C(=C/O)C2OCCO2)cc1. The van der Waals surface area contributed by atoms with Crippen molar-refractivity contribution < 1.29 is 19.3 Å². The summed E-state index contributed by atoms with van der Waals surface area (Å²) in [6, 6.07) is 7.36. The molecule has 1 aliphatic heterocycles. The Morgan fingerprint density at radius 3 is 2.44 bits per heavy atom. The third-order valence-corrected chi connectivity index (χ3v) is 2.44.